The largest absolute Gasteiger partial charge is 0.352 e. The molecule has 1 aromatic carbocycles. The van der Waals surface area contributed by atoms with Crippen LogP contribution < -0.4 is 17.0 Å². The molecule has 4 rings (SSSR count). The highest BCUT2D eigenvalue weighted by Gasteiger charge is 2.10. The monoisotopic (exact) mass is 375 g/mol. The number of rotatable bonds is 2. The Bertz CT molecular complexity index is 955. The van der Waals surface area contributed by atoms with Gasteiger partial charge in [-0.05, 0) is 35.8 Å². The van der Waals surface area contributed by atoms with Crippen molar-refractivity contribution in [1.29, 1.82) is 0 Å². The Kier molecular flexibility index (Phi) is 5.03. The van der Waals surface area contributed by atoms with Crippen molar-refractivity contribution in [3.8, 4) is 11.4 Å². The Morgan fingerprint density at radius 2 is 1.80 bits per heavy atom. The van der Waals surface area contributed by atoms with Crippen LogP contribution in [0.2, 0.25) is 10.0 Å². The second-order valence-corrected chi connectivity index (χ2v) is 6.29. The molecule has 2 aliphatic carbocycles. The summed E-state index contributed by atoms with van der Waals surface area (Å²) in [6, 6.07) is 4.95. The number of hydrogen-bond donors (Lipinski definition) is 2. The lowest BCUT2D eigenvalue weighted by atomic mass is 10.2. The summed E-state index contributed by atoms with van der Waals surface area (Å²) in [5, 5.41) is 0.805. The first-order valence-electron chi connectivity index (χ1n) is 7.43. The van der Waals surface area contributed by atoms with E-state index in [1.807, 2.05) is 0 Å². The van der Waals surface area contributed by atoms with Gasteiger partial charge in [-0.15, -0.1) is 0 Å². The molecule has 2 aliphatic rings. The van der Waals surface area contributed by atoms with Crippen LogP contribution in [-0.4, -0.2) is 14.5 Å². The number of nitrogen functional groups attached to an aromatic ring is 1. The molecule has 1 heterocycles. The van der Waals surface area contributed by atoms with Crippen molar-refractivity contribution in [2.24, 2.45) is 12.9 Å². The van der Waals surface area contributed by atoms with E-state index in [1.165, 1.54) is 22.1 Å². The van der Waals surface area contributed by atoms with Gasteiger partial charge in [-0.25, -0.2) is 10.6 Å². The number of hydrazine groups is 1. The van der Waals surface area contributed by atoms with Crippen molar-refractivity contribution in [3.63, 3.8) is 0 Å². The molecule has 0 unspecified atom stereocenters. The number of aromatic nitrogens is 3. The average Bonchev–Trinajstić information content (AvgIpc) is 3.26. The second kappa shape index (κ2) is 7.23. The fourth-order valence-corrected chi connectivity index (χ4v) is 2.72. The van der Waals surface area contributed by atoms with Crippen LogP contribution >= 0.6 is 23.2 Å². The van der Waals surface area contributed by atoms with Gasteiger partial charge in [0.05, 0.1) is 10.0 Å². The zero-order valence-electron chi connectivity index (χ0n) is 13.3. The topological polar surface area (TPSA) is 85.8 Å². The number of nitrogens with two attached hydrogens (primary N) is 1. The lowest BCUT2D eigenvalue weighted by Crippen LogP contribution is -2.26. The van der Waals surface area contributed by atoms with Crippen molar-refractivity contribution >= 4 is 29.2 Å². The fourth-order valence-electron chi connectivity index (χ4n) is 2.43. The number of hydrogen-bond acceptors (Lipinski definition) is 5. The van der Waals surface area contributed by atoms with Crippen LogP contribution in [-0.2, 0) is 7.05 Å². The zero-order chi connectivity index (χ0) is 18.0. The first kappa shape index (κ1) is 17.4. The Balaban J connectivity index is 0.000000213. The molecule has 6 nitrogen and oxygen atoms in total. The molecule has 0 amide bonds. The quantitative estimate of drug-likeness (QED) is 0.621. The van der Waals surface area contributed by atoms with Gasteiger partial charge in [0, 0.05) is 12.6 Å². The predicted molar refractivity (Wildman–Crippen MR) is 100 cm³/mol. The van der Waals surface area contributed by atoms with Crippen LogP contribution in [0.15, 0.2) is 58.4 Å². The van der Waals surface area contributed by atoms with E-state index in [1.54, 1.807) is 25.2 Å². The molecular weight excluding hydrogens is 361 g/mol. The highest BCUT2D eigenvalue weighted by atomic mass is 35.5. The molecule has 8 heteroatoms. The van der Waals surface area contributed by atoms with Gasteiger partial charge >= 0.3 is 5.69 Å². The number of nitrogens with zero attached hydrogens (tertiary/aromatic N) is 3. The molecule has 0 spiro atoms. The first-order chi connectivity index (χ1) is 12.0. The number of benzene rings is 1. The predicted octanol–water partition coefficient (Wildman–Crippen LogP) is 3.25. The molecule has 0 saturated carbocycles. The van der Waals surface area contributed by atoms with Gasteiger partial charge in [0.25, 0.3) is 0 Å². The van der Waals surface area contributed by atoms with Gasteiger partial charge in [-0.3, -0.25) is 9.99 Å². The molecule has 2 aromatic rings. The summed E-state index contributed by atoms with van der Waals surface area (Å²) in [4.78, 5) is 19.3. The Labute approximate surface area is 154 Å². The van der Waals surface area contributed by atoms with E-state index < -0.39 is 5.69 Å². The Morgan fingerprint density at radius 1 is 1.12 bits per heavy atom. The average molecular weight is 376 g/mol. The minimum Gasteiger partial charge on any atom is -0.292 e. The molecule has 2 bridgehead atoms. The third kappa shape index (κ3) is 3.82. The van der Waals surface area contributed by atoms with E-state index >= 15 is 0 Å². The summed E-state index contributed by atoms with van der Waals surface area (Å²) >= 11 is 11.8. The standard InChI is InChI=1S/C10H9Cl2N5O.C7H6/c1-17-8(14-9(16-13)15-10(17)18)5-2-3-6(11)7(12)4-5;1-2-7-4-3-6(1)5-7/h2-4H,13H2,1H3,(H,15,16,18);1-4H,5H2. The van der Waals surface area contributed by atoms with Gasteiger partial charge < -0.3 is 0 Å². The first-order valence-corrected chi connectivity index (χ1v) is 8.18. The minimum absolute atomic E-state index is 0.0409. The number of fused-ring (bicyclic) bond motifs is 2. The Hall–Kier alpha value is -2.41. The highest BCUT2D eigenvalue weighted by Crippen LogP contribution is 2.28. The van der Waals surface area contributed by atoms with Crippen LogP contribution in [0.5, 0.6) is 0 Å². The molecule has 3 N–H and O–H groups in total. The Morgan fingerprint density at radius 3 is 2.28 bits per heavy atom. The van der Waals surface area contributed by atoms with Gasteiger partial charge in [0.2, 0.25) is 5.95 Å². The van der Waals surface area contributed by atoms with Gasteiger partial charge in [0.1, 0.15) is 5.82 Å². The number of anilines is 1. The molecule has 0 fully saturated rings. The molecule has 0 saturated heterocycles. The summed E-state index contributed by atoms with van der Waals surface area (Å²) in [6.45, 7) is 0. The molecule has 0 radical (unpaired) electrons. The lowest BCUT2D eigenvalue weighted by molar-refractivity contribution is 0.785. The summed E-state index contributed by atoms with van der Waals surface area (Å²) in [7, 11) is 1.56. The van der Waals surface area contributed by atoms with Crippen molar-refractivity contribution in [3.05, 3.63) is 74.2 Å². The van der Waals surface area contributed by atoms with Crippen LogP contribution in [0.3, 0.4) is 0 Å². The van der Waals surface area contributed by atoms with E-state index in [0.29, 0.717) is 21.4 Å². The highest BCUT2D eigenvalue weighted by molar-refractivity contribution is 6.42. The second-order valence-electron chi connectivity index (χ2n) is 5.48. The number of nitrogens with one attached hydrogen (secondary N) is 1. The summed E-state index contributed by atoms with van der Waals surface area (Å²) in [5.74, 6) is 5.63. The van der Waals surface area contributed by atoms with E-state index in [9.17, 15) is 4.79 Å². The maximum absolute atomic E-state index is 11.6. The smallest absolute Gasteiger partial charge is 0.292 e. The molecule has 25 heavy (non-hydrogen) atoms. The SMILES string of the molecule is C1=CC2=CC=C1C2.Cn1c(-c2ccc(Cl)c(Cl)c2)nc(NN)nc1=O. The molecule has 0 aliphatic heterocycles. The van der Waals surface area contributed by atoms with E-state index in [0.717, 1.165) is 0 Å². The molecule has 128 valence electrons. The molecular formula is C17H15Cl2N5O. The van der Waals surface area contributed by atoms with Crippen LogP contribution in [0.1, 0.15) is 6.42 Å². The van der Waals surface area contributed by atoms with Crippen molar-refractivity contribution < 1.29 is 0 Å². The maximum Gasteiger partial charge on any atom is 0.352 e. The normalized spacial score (nSPS) is 13.9. The van der Waals surface area contributed by atoms with Crippen LogP contribution in [0, 0.1) is 0 Å². The maximum atomic E-state index is 11.6. The zero-order valence-corrected chi connectivity index (χ0v) is 14.8. The van der Waals surface area contributed by atoms with Gasteiger partial charge in [0.15, 0.2) is 0 Å². The third-order valence-electron chi connectivity index (χ3n) is 3.76. The minimum atomic E-state index is -0.473. The third-order valence-corrected chi connectivity index (χ3v) is 4.50. The van der Waals surface area contributed by atoms with E-state index in [-0.39, 0.29) is 5.95 Å². The van der Waals surface area contributed by atoms with E-state index in [2.05, 4.69) is 39.7 Å². The lowest BCUT2D eigenvalue weighted by Gasteiger charge is -2.08. The summed E-state index contributed by atoms with van der Waals surface area (Å²) in [6.07, 6.45) is 9.90. The van der Waals surface area contributed by atoms with Crippen LogP contribution in [0.4, 0.5) is 5.95 Å². The fraction of sp³-hybridized carbons (Fsp3) is 0.118. The van der Waals surface area contributed by atoms with Crippen molar-refractivity contribution in [2.75, 3.05) is 5.43 Å². The van der Waals surface area contributed by atoms with E-state index in [4.69, 9.17) is 29.0 Å². The van der Waals surface area contributed by atoms with Gasteiger partial charge in [-0.1, -0.05) is 47.5 Å². The summed E-state index contributed by atoms with van der Waals surface area (Å²) < 4.78 is 1.29. The number of allylic oxidation sites excluding steroid dienone is 6. The van der Waals surface area contributed by atoms with Gasteiger partial charge in [-0.2, -0.15) is 9.97 Å². The molecule has 0 atom stereocenters. The molecule has 1 aromatic heterocycles. The van der Waals surface area contributed by atoms with Crippen molar-refractivity contribution in [1.82, 2.24) is 14.5 Å². The number of halogens is 2. The summed E-state index contributed by atoms with van der Waals surface area (Å²) in [5.41, 5.74) is 5.34. The van der Waals surface area contributed by atoms with Crippen molar-refractivity contribution in [2.45, 2.75) is 6.42 Å². The van der Waals surface area contributed by atoms with Crippen LogP contribution in [0.25, 0.3) is 11.4 Å².